The first-order valence-electron chi connectivity index (χ1n) is 10.5. The number of halogens is 6. The van der Waals surface area contributed by atoms with E-state index in [4.69, 9.17) is 5.73 Å². The van der Waals surface area contributed by atoms with E-state index in [0.717, 1.165) is 12.4 Å². The topological polar surface area (TPSA) is 111 Å². The van der Waals surface area contributed by atoms with E-state index in [9.17, 15) is 31.5 Å². The number of aromatic nitrogens is 4. The molecule has 1 fully saturated rings. The summed E-state index contributed by atoms with van der Waals surface area (Å²) < 4.78 is 67.0. The van der Waals surface area contributed by atoms with E-state index in [2.05, 4.69) is 15.4 Å². The van der Waals surface area contributed by atoms with Crippen LogP contribution in [-0.2, 0) is 28.6 Å². The Labute approximate surface area is 204 Å². The van der Waals surface area contributed by atoms with Crippen molar-refractivity contribution in [3.63, 3.8) is 0 Å². The molecule has 1 aliphatic rings. The number of likely N-dealkylation sites (tertiary alicyclic amines) is 1. The molecule has 2 atom stereocenters. The van der Waals surface area contributed by atoms with Gasteiger partial charge in [0.1, 0.15) is 11.9 Å². The van der Waals surface area contributed by atoms with Gasteiger partial charge in [0.25, 0.3) is 0 Å². The number of carbonyl (C=O) groups excluding carboxylic acids is 2. The van der Waals surface area contributed by atoms with Gasteiger partial charge in [0.15, 0.2) is 5.69 Å². The highest BCUT2D eigenvalue weighted by Crippen LogP contribution is 2.32. The Balaban J connectivity index is 0.00000432. The second-order valence-electron chi connectivity index (χ2n) is 8.98. The minimum atomic E-state index is -4.70. The normalized spacial score (nSPS) is 17.6. The average molecular weight is 528 g/mol. The first-order chi connectivity index (χ1) is 15.7. The maximum absolute atomic E-state index is 13.3. The number of carbonyl (C=O) groups is 2. The monoisotopic (exact) mass is 527 g/mol. The van der Waals surface area contributed by atoms with Gasteiger partial charge < -0.3 is 20.5 Å². The third-order valence-corrected chi connectivity index (χ3v) is 5.54. The number of nitrogens with zero attached hydrogens (tertiary/aromatic N) is 5. The Hall–Kier alpha value is -2.74. The predicted molar refractivity (Wildman–Crippen MR) is 117 cm³/mol. The molecule has 3 N–H and O–H groups in total. The van der Waals surface area contributed by atoms with Crippen molar-refractivity contribution >= 4 is 24.2 Å². The smallest absolute Gasteiger partial charge is 0.349 e. The highest BCUT2D eigenvalue weighted by molar-refractivity contribution is 5.85. The summed E-state index contributed by atoms with van der Waals surface area (Å²) in [6.07, 6.45) is -1.47. The third kappa shape index (κ3) is 6.69. The molecule has 0 radical (unpaired) electrons. The van der Waals surface area contributed by atoms with Crippen LogP contribution >= 0.6 is 12.4 Å². The summed E-state index contributed by atoms with van der Waals surface area (Å²) in [5, 5.41) is 6.16. The van der Waals surface area contributed by atoms with Gasteiger partial charge in [0.05, 0.1) is 12.2 Å². The second-order valence-corrected chi connectivity index (χ2v) is 8.98. The zero-order valence-electron chi connectivity index (χ0n) is 19.2. The Kier molecular flexibility index (Phi) is 8.53. The van der Waals surface area contributed by atoms with Crippen molar-refractivity contribution < 1.29 is 31.5 Å². The quantitative estimate of drug-likeness (QED) is 0.512. The summed E-state index contributed by atoms with van der Waals surface area (Å²) in [7, 11) is 1.57. The van der Waals surface area contributed by atoms with E-state index in [0.29, 0.717) is 23.2 Å². The van der Waals surface area contributed by atoms with Crippen LogP contribution in [0.15, 0.2) is 18.6 Å². The SMILES string of the molecule is CN1CCC(n2cc(C(F)(F)F)nc2CC(C)(C)NC(=O)[C@H](N)Cc2cnn(C(F)F)c2)C1=O.Cl. The lowest BCUT2D eigenvalue weighted by Crippen LogP contribution is -2.52. The lowest BCUT2D eigenvalue weighted by atomic mass is 9.98. The minimum absolute atomic E-state index is 0. The summed E-state index contributed by atoms with van der Waals surface area (Å²) >= 11 is 0. The number of likely N-dealkylation sites (N-methyl/N-ethyl adjacent to an activating group) is 1. The summed E-state index contributed by atoms with van der Waals surface area (Å²) in [4.78, 5) is 30.2. The molecule has 0 aliphatic carbocycles. The van der Waals surface area contributed by atoms with Crippen LogP contribution in [0.25, 0.3) is 0 Å². The van der Waals surface area contributed by atoms with Crippen molar-refractivity contribution in [1.29, 1.82) is 0 Å². The molecule has 35 heavy (non-hydrogen) atoms. The molecule has 2 aromatic heterocycles. The van der Waals surface area contributed by atoms with Crippen LogP contribution in [0.4, 0.5) is 22.0 Å². The van der Waals surface area contributed by atoms with Crippen molar-refractivity contribution in [1.82, 2.24) is 29.5 Å². The molecule has 0 bridgehead atoms. The molecule has 1 saturated heterocycles. The van der Waals surface area contributed by atoms with Gasteiger partial charge in [-0.1, -0.05) is 0 Å². The maximum atomic E-state index is 13.3. The molecule has 2 aromatic rings. The van der Waals surface area contributed by atoms with Crippen LogP contribution in [0, 0.1) is 0 Å². The van der Waals surface area contributed by atoms with Gasteiger partial charge in [-0.25, -0.2) is 9.67 Å². The van der Waals surface area contributed by atoms with Crippen molar-refractivity contribution in [2.75, 3.05) is 13.6 Å². The standard InChI is InChI=1S/C20H26F5N7O2.ClH/c1-19(2,29-16(33)12(26)6-11-8-27-32(9-11)18(21)22)7-15-28-14(20(23,24)25)10-31(15)13-4-5-30(3)17(13)34;/h8-10,12-13,18H,4-7,26H2,1-3H3,(H,29,33);1H/t12-,13?;/m1./s1. The van der Waals surface area contributed by atoms with Crippen LogP contribution in [0.5, 0.6) is 0 Å². The van der Waals surface area contributed by atoms with E-state index in [1.54, 1.807) is 20.9 Å². The van der Waals surface area contributed by atoms with Gasteiger partial charge in [-0.3, -0.25) is 9.59 Å². The van der Waals surface area contributed by atoms with Crippen LogP contribution in [0.1, 0.15) is 49.9 Å². The van der Waals surface area contributed by atoms with Crippen LogP contribution in [0.3, 0.4) is 0 Å². The van der Waals surface area contributed by atoms with E-state index < -0.39 is 41.9 Å². The van der Waals surface area contributed by atoms with Gasteiger partial charge >= 0.3 is 12.7 Å². The number of imidazole rings is 1. The molecular weight excluding hydrogens is 501 g/mol. The molecule has 15 heteroatoms. The molecule has 3 rings (SSSR count). The largest absolute Gasteiger partial charge is 0.434 e. The molecular formula is C20H27ClF5N7O2. The molecule has 0 aromatic carbocycles. The zero-order chi connectivity index (χ0) is 25.4. The van der Waals surface area contributed by atoms with Crippen molar-refractivity contribution in [2.45, 2.75) is 63.5 Å². The fourth-order valence-corrected chi connectivity index (χ4v) is 3.83. The Bertz CT molecular complexity index is 1050. The zero-order valence-corrected chi connectivity index (χ0v) is 20.0. The van der Waals surface area contributed by atoms with Crippen LogP contribution < -0.4 is 11.1 Å². The van der Waals surface area contributed by atoms with Gasteiger partial charge in [0, 0.05) is 37.9 Å². The van der Waals surface area contributed by atoms with Gasteiger partial charge in [-0.2, -0.15) is 27.1 Å². The van der Waals surface area contributed by atoms with Gasteiger partial charge in [-0.15, -0.1) is 12.4 Å². The Morgan fingerprint density at radius 1 is 1.29 bits per heavy atom. The van der Waals surface area contributed by atoms with E-state index >= 15 is 0 Å². The predicted octanol–water partition coefficient (Wildman–Crippen LogP) is 2.33. The highest BCUT2D eigenvalue weighted by atomic mass is 35.5. The van der Waals surface area contributed by atoms with Gasteiger partial charge in [0.2, 0.25) is 11.8 Å². The summed E-state index contributed by atoms with van der Waals surface area (Å²) in [6, 6.07) is -1.92. The Morgan fingerprint density at radius 3 is 2.46 bits per heavy atom. The van der Waals surface area contributed by atoms with Crippen LogP contribution in [-0.4, -0.2) is 61.2 Å². The van der Waals surface area contributed by atoms with Crippen LogP contribution in [0.2, 0.25) is 0 Å². The van der Waals surface area contributed by atoms with Crippen molar-refractivity contribution in [2.24, 2.45) is 5.73 Å². The lowest BCUT2D eigenvalue weighted by molar-refractivity contribution is -0.141. The Morgan fingerprint density at radius 2 is 1.94 bits per heavy atom. The average Bonchev–Trinajstić information content (AvgIpc) is 3.41. The number of alkyl halides is 5. The molecule has 0 saturated carbocycles. The second kappa shape index (κ2) is 10.5. The molecule has 1 unspecified atom stereocenters. The first kappa shape index (κ1) is 28.5. The molecule has 196 valence electrons. The number of amides is 2. The van der Waals surface area contributed by atoms with E-state index in [-0.39, 0.29) is 37.0 Å². The fraction of sp³-hybridized carbons (Fsp3) is 0.600. The van der Waals surface area contributed by atoms with E-state index in [1.165, 1.54) is 15.7 Å². The number of hydrogen-bond donors (Lipinski definition) is 2. The number of rotatable bonds is 8. The summed E-state index contributed by atoms with van der Waals surface area (Å²) in [6.45, 7) is 0.747. The summed E-state index contributed by atoms with van der Waals surface area (Å²) in [5.41, 5.74) is 4.02. The van der Waals surface area contributed by atoms with Crippen molar-refractivity contribution in [3.05, 3.63) is 35.7 Å². The summed E-state index contributed by atoms with van der Waals surface area (Å²) in [5.74, 6) is -0.945. The van der Waals surface area contributed by atoms with E-state index in [1.807, 2.05) is 0 Å². The molecule has 1 aliphatic heterocycles. The molecule has 9 nitrogen and oxygen atoms in total. The van der Waals surface area contributed by atoms with Crippen molar-refractivity contribution in [3.8, 4) is 0 Å². The number of nitrogens with one attached hydrogen (secondary N) is 1. The maximum Gasteiger partial charge on any atom is 0.434 e. The number of nitrogens with two attached hydrogens (primary N) is 1. The van der Waals surface area contributed by atoms with Gasteiger partial charge in [-0.05, 0) is 32.3 Å². The fourth-order valence-electron chi connectivity index (χ4n) is 3.83. The molecule has 3 heterocycles. The molecule has 2 amide bonds. The first-order valence-corrected chi connectivity index (χ1v) is 10.5. The third-order valence-electron chi connectivity index (χ3n) is 5.54. The number of hydrogen-bond acceptors (Lipinski definition) is 5. The minimum Gasteiger partial charge on any atom is -0.349 e. The highest BCUT2D eigenvalue weighted by Gasteiger charge is 2.39. The molecule has 0 spiro atoms. The lowest BCUT2D eigenvalue weighted by Gasteiger charge is -2.28.